The van der Waals surface area contributed by atoms with Gasteiger partial charge in [0.05, 0.1) is 5.69 Å². The Bertz CT molecular complexity index is 1180. The SMILES string of the molecule is Fc1cccc(Cl)c1CSc1nnc2ccc(-c3ccc4c(c3)OCO4)nn12. The number of benzene rings is 2. The van der Waals surface area contributed by atoms with Crippen molar-refractivity contribution in [3.05, 3.63) is 64.9 Å². The average molecular weight is 415 g/mol. The average Bonchev–Trinajstić information content (AvgIpc) is 3.33. The van der Waals surface area contributed by atoms with Gasteiger partial charge < -0.3 is 9.47 Å². The molecule has 2 aromatic heterocycles. The number of hydrogen-bond acceptors (Lipinski definition) is 6. The van der Waals surface area contributed by atoms with E-state index >= 15 is 0 Å². The lowest BCUT2D eigenvalue weighted by atomic mass is 10.1. The van der Waals surface area contributed by atoms with Crippen LogP contribution >= 0.6 is 23.4 Å². The van der Waals surface area contributed by atoms with Crippen molar-refractivity contribution in [1.29, 1.82) is 0 Å². The van der Waals surface area contributed by atoms with E-state index in [0.29, 0.717) is 38.6 Å². The molecule has 1 aliphatic rings. The first-order valence-electron chi connectivity index (χ1n) is 8.37. The van der Waals surface area contributed by atoms with Crippen molar-refractivity contribution >= 4 is 29.0 Å². The summed E-state index contributed by atoms with van der Waals surface area (Å²) in [4.78, 5) is 0. The molecule has 1 aliphatic heterocycles. The van der Waals surface area contributed by atoms with Crippen LogP contribution in [0.25, 0.3) is 16.9 Å². The quantitative estimate of drug-likeness (QED) is 0.455. The van der Waals surface area contributed by atoms with E-state index in [1.165, 1.54) is 17.8 Å². The van der Waals surface area contributed by atoms with Crippen molar-refractivity contribution in [1.82, 2.24) is 19.8 Å². The summed E-state index contributed by atoms with van der Waals surface area (Å²) in [5, 5.41) is 13.9. The van der Waals surface area contributed by atoms with Gasteiger partial charge in [0.1, 0.15) is 5.82 Å². The molecule has 0 amide bonds. The van der Waals surface area contributed by atoms with Crippen LogP contribution in [0.4, 0.5) is 4.39 Å². The molecule has 0 atom stereocenters. The third-order valence-corrected chi connectivity index (χ3v) is 5.61. The molecule has 140 valence electrons. The molecule has 28 heavy (non-hydrogen) atoms. The van der Waals surface area contributed by atoms with Gasteiger partial charge in [-0.15, -0.1) is 10.2 Å². The molecule has 6 nitrogen and oxygen atoms in total. The van der Waals surface area contributed by atoms with Crippen LogP contribution in [0.1, 0.15) is 5.56 Å². The first kappa shape index (κ1) is 17.3. The van der Waals surface area contributed by atoms with Gasteiger partial charge in [0.2, 0.25) is 11.9 Å². The third kappa shape index (κ3) is 3.04. The van der Waals surface area contributed by atoms with Gasteiger partial charge in [-0.05, 0) is 42.5 Å². The zero-order valence-corrected chi connectivity index (χ0v) is 15.9. The second-order valence-electron chi connectivity index (χ2n) is 6.03. The standard InChI is InChI=1S/C19H12ClFN4O2S/c20-13-2-1-3-14(21)12(13)9-28-19-23-22-18-7-5-15(24-25(18)19)11-4-6-16-17(8-11)27-10-26-16/h1-8H,9-10H2. The first-order valence-corrected chi connectivity index (χ1v) is 9.73. The Balaban J connectivity index is 1.47. The molecule has 0 saturated carbocycles. The van der Waals surface area contributed by atoms with E-state index in [9.17, 15) is 4.39 Å². The fourth-order valence-electron chi connectivity index (χ4n) is 2.88. The molecule has 0 unspecified atom stereocenters. The summed E-state index contributed by atoms with van der Waals surface area (Å²) in [5.74, 6) is 1.38. The van der Waals surface area contributed by atoms with Crippen LogP contribution in [-0.4, -0.2) is 26.6 Å². The molecule has 0 N–H and O–H groups in total. The summed E-state index contributed by atoms with van der Waals surface area (Å²) in [6, 6.07) is 14.0. The van der Waals surface area contributed by atoms with E-state index in [1.807, 2.05) is 30.3 Å². The highest BCUT2D eigenvalue weighted by Gasteiger charge is 2.16. The molecule has 3 heterocycles. The molecule has 0 aliphatic carbocycles. The monoisotopic (exact) mass is 414 g/mol. The number of nitrogens with zero attached hydrogens (tertiary/aromatic N) is 4. The summed E-state index contributed by atoms with van der Waals surface area (Å²) in [6.07, 6.45) is 0. The summed E-state index contributed by atoms with van der Waals surface area (Å²) in [5.41, 5.74) is 2.65. The van der Waals surface area contributed by atoms with E-state index < -0.39 is 0 Å². The van der Waals surface area contributed by atoms with Crippen molar-refractivity contribution in [3.63, 3.8) is 0 Å². The lowest BCUT2D eigenvalue weighted by molar-refractivity contribution is 0.174. The first-order chi connectivity index (χ1) is 13.7. The number of hydrogen-bond donors (Lipinski definition) is 0. The molecule has 4 aromatic rings. The molecule has 5 rings (SSSR count). The minimum Gasteiger partial charge on any atom is -0.454 e. The maximum atomic E-state index is 14.0. The summed E-state index contributed by atoms with van der Waals surface area (Å²) in [7, 11) is 0. The maximum Gasteiger partial charge on any atom is 0.231 e. The van der Waals surface area contributed by atoms with E-state index in [0.717, 1.165) is 11.3 Å². The normalized spacial score (nSPS) is 12.6. The maximum absolute atomic E-state index is 14.0. The minimum absolute atomic E-state index is 0.218. The Hall–Kier alpha value is -2.84. The number of rotatable bonds is 4. The van der Waals surface area contributed by atoms with Crippen molar-refractivity contribution in [3.8, 4) is 22.8 Å². The van der Waals surface area contributed by atoms with Gasteiger partial charge in [-0.2, -0.15) is 9.61 Å². The smallest absolute Gasteiger partial charge is 0.231 e. The molecule has 2 aromatic carbocycles. The van der Waals surface area contributed by atoms with Crippen LogP contribution in [0.2, 0.25) is 5.02 Å². The van der Waals surface area contributed by atoms with Gasteiger partial charge in [-0.3, -0.25) is 0 Å². The van der Waals surface area contributed by atoms with E-state index in [4.69, 9.17) is 21.1 Å². The minimum atomic E-state index is -0.345. The number of ether oxygens (including phenoxy) is 2. The van der Waals surface area contributed by atoms with Gasteiger partial charge in [-0.25, -0.2) is 4.39 Å². The molecule has 0 fully saturated rings. The molecule has 0 radical (unpaired) electrons. The molecule has 0 bridgehead atoms. The van der Waals surface area contributed by atoms with Crippen molar-refractivity contribution in [2.45, 2.75) is 10.9 Å². The van der Waals surface area contributed by atoms with Crippen LogP contribution in [0, 0.1) is 5.82 Å². The third-order valence-electron chi connectivity index (χ3n) is 4.31. The summed E-state index contributed by atoms with van der Waals surface area (Å²) < 4.78 is 26.4. The highest BCUT2D eigenvalue weighted by molar-refractivity contribution is 7.98. The van der Waals surface area contributed by atoms with Crippen molar-refractivity contribution < 1.29 is 13.9 Å². The van der Waals surface area contributed by atoms with Crippen LogP contribution in [-0.2, 0) is 5.75 Å². The van der Waals surface area contributed by atoms with Gasteiger partial charge in [0.15, 0.2) is 17.1 Å². The van der Waals surface area contributed by atoms with E-state index in [-0.39, 0.29) is 12.6 Å². The molecule has 0 saturated heterocycles. The number of thioether (sulfide) groups is 1. The lowest BCUT2D eigenvalue weighted by Crippen LogP contribution is -1.97. The van der Waals surface area contributed by atoms with Crippen molar-refractivity contribution in [2.24, 2.45) is 0 Å². The molecular weight excluding hydrogens is 403 g/mol. The highest BCUT2D eigenvalue weighted by Crippen LogP contribution is 2.35. The molecular formula is C19H12ClFN4O2S. The summed E-state index contributed by atoms with van der Waals surface area (Å²) in [6.45, 7) is 0.218. The van der Waals surface area contributed by atoms with Gasteiger partial charge in [-0.1, -0.05) is 29.4 Å². The number of halogens is 2. The Labute approximate surface area is 168 Å². The topological polar surface area (TPSA) is 61.5 Å². The van der Waals surface area contributed by atoms with Gasteiger partial charge >= 0.3 is 0 Å². The molecule has 0 spiro atoms. The van der Waals surface area contributed by atoms with Crippen LogP contribution in [0.3, 0.4) is 0 Å². The van der Waals surface area contributed by atoms with E-state index in [1.54, 1.807) is 16.6 Å². The second-order valence-corrected chi connectivity index (χ2v) is 7.38. The van der Waals surface area contributed by atoms with Gasteiger partial charge in [0, 0.05) is 21.9 Å². The zero-order valence-electron chi connectivity index (χ0n) is 14.3. The Morgan fingerprint density at radius 3 is 2.86 bits per heavy atom. The van der Waals surface area contributed by atoms with E-state index in [2.05, 4.69) is 15.3 Å². The predicted octanol–water partition coefficient (Wildman–Crippen LogP) is 4.60. The Kier molecular flexibility index (Phi) is 4.29. The fourth-order valence-corrected chi connectivity index (χ4v) is 4.11. The zero-order chi connectivity index (χ0) is 19.1. The fraction of sp³-hybridized carbons (Fsp3) is 0.105. The Morgan fingerprint density at radius 1 is 1.07 bits per heavy atom. The number of fused-ring (bicyclic) bond motifs is 2. The Morgan fingerprint density at radius 2 is 1.96 bits per heavy atom. The molecule has 9 heteroatoms. The van der Waals surface area contributed by atoms with Crippen LogP contribution in [0.5, 0.6) is 11.5 Å². The van der Waals surface area contributed by atoms with Crippen LogP contribution < -0.4 is 9.47 Å². The largest absolute Gasteiger partial charge is 0.454 e. The number of aromatic nitrogens is 4. The lowest BCUT2D eigenvalue weighted by Gasteiger charge is -2.06. The van der Waals surface area contributed by atoms with Crippen LogP contribution in [0.15, 0.2) is 53.7 Å². The second kappa shape index (κ2) is 6.96. The van der Waals surface area contributed by atoms with Crippen molar-refractivity contribution in [2.75, 3.05) is 6.79 Å². The van der Waals surface area contributed by atoms with Gasteiger partial charge in [0.25, 0.3) is 0 Å². The highest BCUT2D eigenvalue weighted by atomic mass is 35.5. The predicted molar refractivity (Wildman–Crippen MR) is 103 cm³/mol. The summed E-state index contributed by atoms with van der Waals surface area (Å²) >= 11 is 7.43.